The van der Waals surface area contributed by atoms with Crippen LogP contribution in [0.3, 0.4) is 0 Å². The predicted molar refractivity (Wildman–Crippen MR) is 17.9 cm³/mol. The first-order chi connectivity index (χ1) is 2.00. The Hall–Kier alpha value is 0.759. The van der Waals surface area contributed by atoms with Crippen molar-refractivity contribution >= 4 is 37.7 Å². The summed E-state index contributed by atoms with van der Waals surface area (Å²) in [6, 6.07) is 0. The SMILES string of the molecule is [C-]#N.[C-]#N.[Ca+2].[Fe+2].[H-].[H-]. The van der Waals surface area contributed by atoms with Crippen molar-refractivity contribution in [2.45, 2.75) is 0 Å². The van der Waals surface area contributed by atoms with Crippen molar-refractivity contribution in [1.29, 1.82) is 10.5 Å². The standard InChI is InChI=1S/2CN.Ca.Fe.2H/c2*1-2;;;;/q2*-1;2*+2;2*-1. The molecule has 6 heavy (non-hydrogen) atoms. The number of rotatable bonds is 0. The topological polar surface area (TPSA) is 47.6 Å². The summed E-state index contributed by atoms with van der Waals surface area (Å²) in [6.45, 7) is 9.50. The third-order valence-electron chi connectivity index (χ3n) is 0. The van der Waals surface area contributed by atoms with E-state index in [1.54, 1.807) is 0 Å². The van der Waals surface area contributed by atoms with Crippen LogP contribution in [0.4, 0.5) is 0 Å². The van der Waals surface area contributed by atoms with Crippen LogP contribution in [-0.2, 0) is 17.1 Å². The van der Waals surface area contributed by atoms with E-state index in [0.717, 1.165) is 0 Å². The summed E-state index contributed by atoms with van der Waals surface area (Å²) in [5.74, 6) is 0. The van der Waals surface area contributed by atoms with Gasteiger partial charge in [-0.05, 0) is 0 Å². The number of nitrogens with zero attached hydrogens (tertiary/aromatic N) is 2. The van der Waals surface area contributed by atoms with E-state index in [2.05, 4.69) is 0 Å². The molecule has 0 unspecified atom stereocenters. The zero-order valence-corrected chi connectivity index (χ0v) is 6.27. The largest absolute Gasteiger partial charge is 2.00 e. The van der Waals surface area contributed by atoms with Crippen LogP contribution in [0.1, 0.15) is 2.85 Å². The second-order valence-electron chi connectivity index (χ2n) is 0. The van der Waals surface area contributed by atoms with Crippen LogP contribution < -0.4 is 0 Å². The van der Waals surface area contributed by atoms with Gasteiger partial charge in [-0.1, -0.05) is 0 Å². The Morgan fingerprint density at radius 1 is 1.00 bits per heavy atom. The molecule has 0 aliphatic heterocycles. The van der Waals surface area contributed by atoms with Gasteiger partial charge in [-0.15, -0.1) is 0 Å². The molecule has 0 bridgehead atoms. The van der Waals surface area contributed by atoms with Crippen LogP contribution in [0.2, 0.25) is 0 Å². The third kappa shape index (κ3) is 117. The van der Waals surface area contributed by atoms with E-state index >= 15 is 0 Å². The molecular formula is C2H2CaFeN2. The van der Waals surface area contributed by atoms with Crippen molar-refractivity contribution in [2.24, 2.45) is 0 Å². The predicted octanol–water partition coefficient (Wildman–Crippen LogP) is 0.0344. The summed E-state index contributed by atoms with van der Waals surface area (Å²) in [5.41, 5.74) is 0. The zero-order valence-electron chi connectivity index (χ0n) is 4.96. The first-order valence-electron chi connectivity index (χ1n) is 0.447. The minimum Gasteiger partial charge on any atom is -1.00 e. The molecule has 0 fully saturated rings. The quantitative estimate of drug-likeness (QED) is 0.361. The Labute approximate surface area is 80.6 Å². The minimum atomic E-state index is 0. The molecule has 0 N–H and O–H groups in total. The molecule has 0 spiro atoms. The summed E-state index contributed by atoms with van der Waals surface area (Å²) in [7, 11) is 0. The first kappa shape index (κ1) is 29.4. The molecule has 0 aromatic rings. The maximum Gasteiger partial charge on any atom is 2.00 e. The zero-order chi connectivity index (χ0) is 4.00. The normalized spacial score (nSPS) is 0.667. The van der Waals surface area contributed by atoms with E-state index in [1.807, 2.05) is 0 Å². The van der Waals surface area contributed by atoms with Gasteiger partial charge >= 0.3 is 54.8 Å². The monoisotopic (exact) mass is 150 g/mol. The van der Waals surface area contributed by atoms with Crippen molar-refractivity contribution in [3.05, 3.63) is 13.1 Å². The maximum atomic E-state index is 6.25. The average molecular weight is 150 g/mol. The molecule has 0 saturated heterocycles. The van der Waals surface area contributed by atoms with Crippen LogP contribution >= 0.6 is 0 Å². The van der Waals surface area contributed by atoms with Gasteiger partial charge in [0.25, 0.3) is 0 Å². The van der Waals surface area contributed by atoms with Gasteiger partial charge < -0.3 is 26.5 Å². The fourth-order valence-electron chi connectivity index (χ4n) is 0. The molecule has 0 saturated carbocycles. The molecule has 0 rings (SSSR count). The molecular weight excluding hydrogens is 148 g/mol. The summed E-state index contributed by atoms with van der Waals surface area (Å²) in [4.78, 5) is 0. The summed E-state index contributed by atoms with van der Waals surface area (Å²) in [5, 5.41) is 12.5. The van der Waals surface area contributed by atoms with Gasteiger partial charge in [0.2, 0.25) is 0 Å². The van der Waals surface area contributed by atoms with Crippen LogP contribution in [0, 0.1) is 23.7 Å². The molecule has 0 aliphatic carbocycles. The van der Waals surface area contributed by atoms with E-state index < -0.39 is 0 Å². The van der Waals surface area contributed by atoms with Gasteiger partial charge in [-0.3, -0.25) is 0 Å². The second-order valence-corrected chi connectivity index (χ2v) is 0. The van der Waals surface area contributed by atoms with Gasteiger partial charge in [0.05, 0.1) is 0 Å². The summed E-state index contributed by atoms with van der Waals surface area (Å²) in [6.07, 6.45) is 0. The van der Waals surface area contributed by atoms with Crippen LogP contribution in [-0.4, -0.2) is 37.7 Å². The van der Waals surface area contributed by atoms with Crippen LogP contribution in [0.25, 0.3) is 0 Å². The van der Waals surface area contributed by atoms with Crippen molar-refractivity contribution < 1.29 is 19.9 Å². The van der Waals surface area contributed by atoms with Gasteiger partial charge in [-0.2, -0.15) is 0 Å². The molecule has 0 aromatic heterocycles. The molecule has 30 valence electrons. The molecule has 0 aromatic carbocycles. The maximum absolute atomic E-state index is 6.25. The summed E-state index contributed by atoms with van der Waals surface area (Å²) >= 11 is 0. The van der Waals surface area contributed by atoms with E-state index in [0.29, 0.717) is 0 Å². The van der Waals surface area contributed by atoms with Crippen molar-refractivity contribution in [2.75, 3.05) is 0 Å². The Balaban J connectivity index is -0.00000000167. The van der Waals surface area contributed by atoms with Gasteiger partial charge in [-0.25, -0.2) is 0 Å². The Morgan fingerprint density at radius 3 is 1.00 bits per heavy atom. The van der Waals surface area contributed by atoms with Gasteiger partial charge in [0.1, 0.15) is 0 Å². The molecule has 0 amide bonds. The van der Waals surface area contributed by atoms with Crippen molar-refractivity contribution in [3.63, 3.8) is 0 Å². The van der Waals surface area contributed by atoms with Crippen LogP contribution in [0.5, 0.6) is 0 Å². The minimum absolute atomic E-state index is 0. The van der Waals surface area contributed by atoms with E-state index in [1.165, 1.54) is 0 Å². The van der Waals surface area contributed by atoms with E-state index in [9.17, 15) is 0 Å². The van der Waals surface area contributed by atoms with Gasteiger partial charge in [0.15, 0.2) is 0 Å². The number of hydrogen-bond donors (Lipinski definition) is 0. The summed E-state index contributed by atoms with van der Waals surface area (Å²) < 4.78 is 0. The fourth-order valence-corrected chi connectivity index (χ4v) is 0. The van der Waals surface area contributed by atoms with E-state index in [4.69, 9.17) is 23.7 Å². The van der Waals surface area contributed by atoms with Crippen LogP contribution in [0.15, 0.2) is 0 Å². The second kappa shape index (κ2) is 226. The Bertz CT molecular complexity index is 33.5. The fraction of sp³-hybridized carbons (Fsp3) is 0. The molecule has 0 heterocycles. The molecule has 0 atom stereocenters. The molecule has 0 radical (unpaired) electrons. The van der Waals surface area contributed by atoms with Crippen molar-refractivity contribution in [1.82, 2.24) is 0 Å². The van der Waals surface area contributed by atoms with Gasteiger partial charge in [0, 0.05) is 0 Å². The molecule has 2 nitrogen and oxygen atoms in total. The number of hydrogen-bond acceptors (Lipinski definition) is 2. The third-order valence-corrected chi connectivity index (χ3v) is 0. The first-order valence-corrected chi connectivity index (χ1v) is 0.447. The van der Waals surface area contributed by atoms with E-state index in [-0.39, 0.29) is 57.7 Å². The average Bonchev–Trinajstić information content (AvgIpc) is 1.50. The Morgan fingerprint density at radius 2 is 1.00 bits per heavy atom. The smallest absolute Gasteiger partial charge is 1.00 e. The molecule has 0 aliphatic rings. The Kier molecular flexibility index (Phi) is 1110. The van der Waals surface area contributed by atoms with Crippen molar-refractivity contribution in [3.8, 4) is 0 Å². The molecule has 4 heteroatoms.